The van der Waals surface area contributed by atoms with Gasteiger partial charge < -0.3 is 20.7 Å². The first kappa shape index (κ1) is 20.3. The number of ether oxygens (including phenoxy) is 1. The number of hydrogen-bond acceptors (Lipinski definition) is 3. The molecule has 0 aliphatic carbocycles. The van der Waals surface area contributed by atoms with Crippen molar-refractivity contribution in [1.82, 2.24) is 16.0 Å². The predicted molar refractivity (Wildman–Crippen MR) is 110 cm³/mol. The summed E-state index contributed by atoms with van der Waals surface area (Å²) in [6.07, 6.45) is 0. The van der Waals surface area contributed by atoms with E-state index < -0.39 is 0 Å². The third kappa shape index (κ3) is 6.66. The van der Waals surface area contributed by atoms with Gasteiger partial charge in [0.05, 0.1) is 7.11 Å². The van der Waals surface area contributed by atoms with Crippen molar-refractivity contribution < 1.29 is 9.53 Å². The zero-order valence-corrected chi connectivity index (χ0v) is 16.2. The zero-order chi connectivity index (χ0) is 19.5. The lowest BCUT2D eigenvalue weighted by molar-refractivity contribution is 0.0954. The molecule has 0 aliphatic rings. The Balaban J connectivity index is 1.70. The van der Waals surface area contributed by atoms with Crippen LogP contribution in [0.2, 0.25) is 0 Å². The molecule has 1 atom stereocenters. The van der Waals surface area contributed by atoms with E-state index in [0.29, 0.717) is 36.3 Å². The van der Waals surface area contributed by atoms with Gasteiger partial charge in [-0.25, -0.2) is 0 Å². The lowest BCUT2D eigenvalue weighted by Crippen LogP contribution is -2.42. The van der Waals surface area contributed by atoms with Gasteiger partial charge in [0, 0.05) is 32.2 Å². The third-order valence-electron chi connectivity index (χ3n) is 4.20. The molecule has 1 amide bonds. The molecule has 2 aromatic carbocycles. The molecule has 6 heteroatoms. The number of nitrogens with zero attached hydrogens (tertiary/aromatic N) is 1. The summed E-state index contributed by atoms with van der Waals surface area (Å²) in [5.74, 6) is 1.63. The minimum atomic E-state index is -0.128. The molecule has 2 aromatic rings. The third-order valence-corrected chi connectivity index (χ3v) is 4.20. The van der Waals surface area contributed by atoms with Crippen LogP contribution in [0, 0.1) is 0 Å². The summed E-state index contributed by atoms with van der Waals surface area (Å²) in [6.45, 7) is 4.02. The van der Waals surface area contributed by atoms with E-state index in [1.807, 2.05) is 24.3 Å². The molecule has 0 bridgehead atoms. The van der Waals surface area contributed by atoms with Gasteiger partial charge in [-0.15, -0.1) is 0 Å². The second-order valence-electron chi connectivity index (χ2n) is 6.18. The molecule has 3 N–H and O–H groups in total. The average Bonchev–Trinajstić information content (AvgIpc) is 2.73. The molecule has 0 spiro atoms. The first-order valence-electron chi connectivity index (χ1n) is 9.05. The predicted octanol–water partition coefficient (Wildman–Crippen LogP) is 2.39. The summed E-state index contributed by atoms with van der Waals surface area (Å²) in [5, 5.41) is 9.40. The van der Waals surface area contributed by atoms with Gasteiger partial charge >= 0.3 is 0 Å². The number of amides is 1. The highest BCUT2D eigenvalue weighted by molar-refractivity contribution is 5.94. The molecule has 0 saturated heterocycles. The van der Waals surface area contributed by atoms with Gasteiger partial charge in [0.25, 0.3) is 5.91 Å². The number of carbonyl (C=O) groups is 1. The maximum Gasteiger partial charge on any atom is 0.251 e. The van der Waals surface area contributed by atoms with Crippen LogP contribution in [0.5, 0.6) is 5.75 Å². The van der Waals surface area contributed by atoms with Gasteiger partial charge in [-0.1, -0.05) is 43.3 Å². The summed E-state index contributed by atoms with van der Waals surface area (Å²) in [4.78, 5) is 16.4. The monoisotopic (exact) mass is 368 g/mol. The molecule has 2 rings (SSSR count). The normalized spacial score (nSPS) is 12.2. The van der Waals surface area contributed by atoms with Crippen LogP contribution >= 0.6 is 0 Å². The molecule has 0 radical (unpaired) electrons. The number of carbonyl (C=O) groups excluding carboxylic acids is 1. The zero-order valence-electron chi connectivity index (χ0n) is 16.2. The first-order chi connectivity index (χ1) is 13.1. The maximum atomic E-state index is 12.2. The lowest BCUT2D eigenvalue weighted by Gasteiger charge is -2.16. The Labute approximate surface area is 161 Å². The van der Waals surface area contributed by atoms with Crippen LogP contribution in [-0.2, 0) is 0 Å². The number of aliphatic imine (C=N–C) groups is 1. The smallest absolute Gasteiger partial charge is 0.251 e. The average molecular weight is 368 g/mol. The molecule has 1 unspecified atom stereocenters. The van der Waals surface area contributed by atoms with E-state index in [-0.39, 0.29) is 5.91 Å². The number of hydrogen-bond donors (Lipinski definition) is 3. The van der Waals surface area contributed by atoms with Crippen molar-refractivity contribution in [2.75, 3.05) is 33.8 Å². The van der Waals surface area contributed by atoms with Gasteiger partial charge in [-0.2, -0.15) is 0 Å². The SMILES string of the molecule is CN=C(NCCNC(=O)c1cccc(OC)c1)NCC(C)c1ccccc1. The standard InChI is InChI=1S/C21H28N4O2/c1-16(17-8-5-4-6-9-17)15-25-21(22-2)24-13-12-23-20(26)18-10-7-11-19(14-18)27-3/h4-11,14,16H,12-13,15H2,1-3H3,(H,23,26)(H2,22,24,25). The molecule has 0 aliphatic heterocycles. The van der Waals surface area contributed by atoms with Crippen molar-refractivity contribution in [3.8, 4) is 5.75 Å². The van der Waals surface area contributed by atoms with E-state index >= 15 is 0 Å². The van der Waals surface area contributed by atoms with E-state index in [2.05, 4.69) is 40.0 Å². The van der Waals surface area contributed by atoms with Gasteiger partial charge in [-0.3, -0.25) is 9.79 Å². The van der Waals surface area contributed by atoms with Crippen molar-refractivity contribution in [1.29, 1.82) is 0 Å². The first-order valence-corrected chi connectivity index (χ1v) is 9.05. The Morgan fingerprint density at radius 3 is 2.48 bits per heavy atom. The molecule has 144 valence electrons. The fourth-order valence-corrected chi connectivity index (χ4v) is 2.59. The van der Waals surface area contributed by atoms with Crippen molar-refractivity contribution in [3.05, 3.63) is 65.7 Å². The maximum absolute atomic E-state index is 12.2. The molecular weight excluding hydrogens is 340 g/mol. The molecule has 27 heavy (non-hydrogen) atoms. The largest absolute Gasteiger partial charge is 0.497 e. The van der Waals surface area contributed by atoms with Crippen LogP contribution in [0.4, 0.5) is 0 Å². The number of methoxy groups -OCH3 is 1. The Hall–Kier alpha value is -3.02. The summed E-state index contributed by atoms with van der Waals surface area (Å²) < 4.78 is 5.14. The lowest BCUT2D eigenvalue weighted by atomic mass is 10.0. The topological polar surface area (TPSA) is 74.8 Å². The highest BCUT2D eigenvalue weighted by atomic mass is 16.5. The second-order valence-corrected chi connectivity index (χ2v) is 6.18. The second kappa shape index (κ2) is 10.9. The van der Waals surface area contributed by atoms with Crippen LogP contribution in [0.15, 0.2) is 59.6 Å². The number of guanidine groups is 1. The van der Waals surface area contributed by atoms with Gasteiger partial charge in [-0.05, 0) is 29.7 Å². The quantitative estimate of drug-likeness (QED) is 0.380. The van der Waals surface area contributed by atoms with E-state index in [0.717, 1.165) is 6.54 Å². The van der Waals surface area contributed by atoms with E-state index in [1.54, 1.807) is 32.4 Å². The van der Waals surface area contributed by atoms with Crippen LogP contribution < -0.4 is 20.7 Å². The van der Waals surface area contributed by atoms with Crippen LogP contribution in [0.1, 0.15) is 28.8 Å². The van der Waals surface area contributed by atoms with Gasteiger partial charge in [0.2, 0.25) is 0 Å². The molecule has 0 aromatic heterocycles. The summed E-state index contributed by atoms with van der Waals surface area (Å²) >= 11 is 0. The van der Waals surface area contributed by atoms with Crippen molar-refractivity contribution in [2.24, 2.45) is 4.99 Å². The molecule has 6 nitrogen and oxygen atoms in total. The summed E-state index contributed by atoms with van der Waals surface area (Å²) in [5.41, 5.74) is 1.86. The van der Waals surface area contributed by atoms with Crippen LogP contribution in [-0.4, -0.2) is 45.7 Å². The number of nitrogens with one attached hydrogen (secondary N) is 3. The van der Waals surface area contributed by atoms with Gasteiger partial charge in [0.15, 0.2) is 5.96 Å². The minimum Gasteiger partial charge on any atom is -0.497 e. The molecule has 0 saturated carbocycles. The molecule has 0 heterocycles. The van der Waals surface area contributed by atoms with E-state index in [9.17, 15) is 4.79 Å². The number of rotatable bonds is 8. The van der Waals surface area contributed by atoms with E-state index in [1.165, 1.54) is 5.56 Å². The minimum absolute atomic E-state index is 0.128. The van der Waals surface area contributed by atoms with Gasteiger partial charge in [0.1, 0.15) is 5.75 Å². The Kier molecular flexibility index (Phi) is 8.16. The summed E-state index contributed by atoms with van der Waals surface area (Å²) in [6, 6.07) is 17.4. The fourth-order valence-electron chi connectivity index (χ4n) is 2.59. The highest BCUT2D eigenvalue weighted by Crippen LogP contribution is 2.13. The molecule has 0 fully saturated rings. The Morgan fingerprint density at radius 2 is 1.78 bits per heavy atom. The van der Waals surface area contributed by atoms with Crippen molar-refractivity contribution >= 4 is 11.9 Å². The Bertz CT molecular complexity index is 747. The highest BCUT2D eigenvalue weighted by Gasteiger charge is 2.07. The Morgan fingerprint density at radius 1 is 1.04 bits per heavy atom. The van der Waals surface area contributed by atoms with Crippen LogP contribution in [0.25, 0.3) is 0 Å². The van der Waals surface area contributed by atoms with Crippen LogP contribution in [0.3, 0.4) is 0 Å². The fraction of sp³-hybridized carbons (Fsp3) is 0.333. The number of benzene rings is 2. The summed E-state index contributed by atoms with van der Waals surface area (Å²) in [7, 11) is 3.32. The molecular formula is C21H28N4O2. The van der Waals surface area contributed by atoms with Crippen molar-refractivity contribution in [2.45, 2.75) is 12.8 Å². The van der Waals surface area contributed by atoms with E-state index in [4.69, 9.17) is 4.74 Å². The van der Waals surface area contributed by atoms with Crippen molar-refractivity contribution in [3.63, 3.8) is 0 Å².